The molecular formula is C17H13ClF3NOS. The first-order valence-electron chi connectivity index (χ1n) is 7.21. The summed E-state index contributed by atoms with van der Waals surface area (Å²) in [5.41, 5.74) is 0.463. The van der Waals surface area contributed by atoms with E-state index in [1.54, 1.807) is 29.2 Å². The fraction of sp³-hybridized carbons (Fsp3) is 0.235. The lowest BCUT2D eigenvalue weighted by atomic mass is 10.1. The molecule has 1 heterocycles. The summed E-state index contributed by atoms with van der Waals surface area (Å²) in [5, 5.41) is 0.178. The van der Waals surface area contributed by atoms with Crippen molar-refractivity contribution >= 4 is 29.3 Å². The van der Waals surface area contributed by atoms with E-state index in [1.807, 2.05) is 0 Å². The Morgan fingerprint density at radius 2 is 1.88 bits per heavy atom. The van der Waals surface area contributed by atoms with E-state index in [4.69, 9.17) is 11.6 Å². The van der Waals surface area contributed by atoms with Crippen LogP contribution >= 0.6 is 23.4 Å². The van der Waals surface area contributed by atoms with Gasteiger partial charge >= 0.3 is 6.18 Å². The van der Waals surface area contributed by atoms with E-state index in [9.17, 15) is 18.0 Å². The highest BCUT2D eigenvalue weighted by Crippen LogP contribution is 2.40. The highest BCUT2D eigenvalue weighted by Gasteiger charge is 2.33. The molecule has 1 aliphatic rings. The summed E-state index contributed by atoms with van der Waals surface area (Å²) in [6.45, 7) is 0.543. The Balaban J connectivity index is 1.84. The summed E-state index contributed by atoms with van der Waals surface area (Å²) >= 11 is 7.46. The molecule has 2 nitrogen and oxygen atoms in total. The van der Waals surface area contributed by atoms with Gasteiger partial charge in [0.25, 0.3) is 5.91 Å². The Kier molecular flexibility index (Phi) is 4.78. The summed E-state index contributed by atoms with van der Waals surface area (Å²) in [6, 6.07) is 11.6. The average Bonchev–Trinajstić information content (AvgIpc) is 3.03. The van der Waals surface area contributed by atoms with Crippen LogP contribution in [-0.4, -0.2) is 23.1 Å². The third-order valence-electron chi connectivity index (χ3n) is 3.75. The van der Waals surface area contributed by atoms with Crippen LogP contribution in [0.1, 0.15) is 26.9 Å². The normalized spacial score (nSPS) is 18.0. The molecule has 1 fully saturated rings. The molecule has 1 saturated heterocycles. The fourth-order valence-electron chi connectivity index (χ4n) is 2.58. The number of carbonyl (C=O) groups is 1. The smallest absolute Gasteiger partial charge is 0.322 e. The first-order chi connectivity index (χ1) is 11.4. The molecule has 0 unspecified atom stereocenters. The molecule has 2 aromatic carbocycles. The molecule has 0 N–H and O–H groups in total. The fourth-order valence-corrected chi connectivity index (χ4v) is 4.02. The minimum atomic E-state index is -4.36. The molecule has 0 radical (unpaired) electrons. The quantitative estimate of drug-likeness (QED) is 0.719. The van der Waals surface area contributed by atoms with Crippen LogP contribution < -0.4 is 0 Å². The van der Waals surface area contributed by atoms with Crippen molar-refractivity contribution in [1.82, 2.24) is 4.90 Å². The molecule has 7 heteroatoms. The number of amides is 1. The van der Waals surface area contributed by atoms with Crippen molar-refractivity contribution in [3.05, 3.63) is 70.2 Å². The lowest BCUT2D eigenvalue weighted by Crippen LogP contribution is -2.30. The Labute approximate surface area is 146 Å². The van der Waals surface area contributed by atoms with Crippen LogP contribution in [0, 0.1) is 0 Å². The average molecular weight is 372 g/mol. The van der Waals surface area contributed by atoms with Gasteiger partial charge in [-0.25, -0.2) is 0 Å². The van der Waals surface area contributed by atoms with E-state index >= 15 is 0 Å². The standard InChI is InChI=1S/C17H13ClF3NOS/c18-14-3-1-2-12(10-14)15(23)22-8-9-24-16(22)11-4-6-13(7-5-11)17(19,20)21/h1-7,10,16H,8-9H2/t16-/m0/s1. The second-order valence-corrected chi connectivity index (χ2v) is 6.98. The van der Waals surface area contributed by atoms with Crippen LogP contribution in [0.5, 0.6) is 0 Å². The van der Waals surface area contributed by atoms with Crippen LogP contribution in [0.25, 0.3) is 0 Å². The van der Waals surface area contributed by atoms with Gasteiger partial charge in [0.15, 0.2) is 0 Å². The van der Waals surface area contributed by atoms with E-state index in [0.29, 0.717) is 22.7 Å². The maximum absolute atomic E-state index is 12.7. The van der Waals surface area contributed by atoms with E-state index in [0.717, 1.165) is 17.9 Å². The predicted molar refractivity (Wildman–Crippen MR) is 89.1 cm³/mol. The third-order valence-corrected chi connectivity index (χ3v) is 5.24. The zero-order valence-electron chi connectivity index (χ0n) is 12.4. The number of rotatable bonds is 2. The summed E-state index contributed by atoms with van der Waals surface area (Å²) < 4.78 is 38.0. The third kappa shape index (κ3) is 3.54. The number of thioether (sulfide) groups is 1. The molecule has 0 saturated carbocycles. The second kappa shape index (κ2) is 6.69. The second-order valence-electron chi connectivity index (χ2n) is 5.35. The van der Waals surface area contributed by atoms with Gasteiger partial charge in [-0.05, 0) is 35.9 Å². The monoisotopic (exact) mass is 371 g/mol. The van der Waals surface area contributed by atoms with Crippen molar-refractivity contribution in [3.63, 3.8) is 0 Å². The maximum Gasteiger partial charge on any atom is 0.416 e. The Bertz CT molecular complexity index is 748. The van der Waals surface area contributed by atoms with Gasteiger partial charge in [-0.1, -0.05) is 29.8 Å². The number of hydrogen-bond donors (Lipinski definition) is 0. The summed E-state index contributed by atoms with van der Waals surface area (Å²) in [5.74, 6) is 0.560. The van der Waals surface area contributed by atoms with Crippen molar-refractivity contribution in [2.24, 2.45) is 0 Å². The molecule has 126 valence electrons. The van der Waals surface area contributed by atoms with E-state index in [-0.39, 0.29) is 11.3 Å². The minimum absolute atomic E-state index is 0.174. The highest BCUT2D eigenvalue weighted by molar-refractivity contribution is 7.99. The van der Waals surface area contributed by atoms with E-state index in [2.05, 4.69) is 0 Å². The lowest BCUT2D eigenvalue weighted by molar-refractivity contribution is -0.137. The first kappa shape index (κ1) is 17.2. The molecule has 2 aromatic rings. The number of hydrogen-bond acceptors (Lipinski definition) is 2. The summed E-state index contributed by atoms with van der Waals surface area (Å²) in [7, 11) is 0. The van der Waals surface area contributed by atoms with Gasteiger partial charge in [-0.2, -0.15) is 13.2 Å². The number of benzene rings is 2. The number of alkyl halides is 3. The summed E-state index contributed by atoms with van der Waals surface area (Å²) in [4.78, 5) is 14.3. The SMILES string of the molecule is O=C(c1cccc(Cl)c1)N1CCS[C@H]1c1ccc(C(F)(F)F)cc1. The molecule has 1 aliphatic heterocycles. The molecule has 24 heavy (non-hydrogen) atoms. The highest BCUT2D eigenvalue weighted by atomic mass is 35.5. The van der Waals surface area contributed by atoms with Gasteiger partial charge in [0.2, 0.25) is 0 Å². The van der Waals surface area contributed by atoms with Crippen molar-refractivity contribution in [2.75, 3.05) is 12.3 Å². The van der Waals surface area contributed by atoms with Gasteiger partial charge in [-0.15, -0.1) is 11.8 Å². The zero-order valence-corrected chi connectivity index (χ0v) is 14.0. The van der Waals surface area contributed by atoms with E-state index in [1.165, 1.54) is 23.9 Å². The van der Waals surface area contributed by atoms with Crippen molar-refractivity contribution in [3.8, 4) is 0 Å². The lowest BCUT2D eigenvalue weighted by Gasteiger charge is -2.24. The molecular weight excluding hydrogens is 359 g/mol. The molecule has 1 amide bonds. The topological polar surface area (TPSA) is 20.3 Å². The Morgan fingerprint density at radius 3 is 2.50 bits per heavy atom. The number of halogens is 4. The van der Waals surface area contributed by atoms with Gasteiger partial charge in [-0.3, -0.25) is 4.79 Å². The van der Waals surface area contributed by atoms with Crippen LogP contribution in [0.2, 0.25) is 5.02 Å². The molecule has 0 spiro atoms. The molecule has 1 atom stereocenters. The maximum atomic E-state index is 12.7. The first-order valence-corrected chi connectivity index (χ1v) is 8.64. The van der Waals surface area contributed by atoms with Crippen molar-refractivity contribution in [2.45, 2.75) is 11.6 Å². The number of carbonyl (C=O) groups excluding carboxylic acids is 1. The minimum Gasteiger partial charge on any atom is -0.322 e. The Hall–Kier alpha value is -1.66. The molecule has 3 rings (SSSR count). The van der Waals surface area contributed by atoms with Crippen LogP contribution in [0.3, 0.4) is 0 Å². The van der Waals surface area contributed by atoms with Gasteiger partial charge in [0.05, 0.1) is 5.56 Å². The molecule has 0 bridgehead atoms. The molecule has 0 aromatic heterocycles. The zero-order chi connectivity index (χ0) is 17.3. The predicted octanol–water partition coefficient (Wildman–Crippen LogP) is 5.25. The van der Waals surface area contributed by atoms with Crippen molar-refractivity contribution in [1.29, 1.82) is 0 Å². The van der Waals surface area contributed by atoms with Crippen molar-refractivity contribution < 1.29 is 18.0 Å². The van der Waals surface area contributed by atoms with Gasteiger partial charge in [0, 0.05) is 22.9 Å². The molecule has 0 aliphatic carbocycles. The number of nitrogens with zero attached hydrogens (tertiary/aromatic N) is 1. The van der Waals surface area contributed by atoms with E-state index < -0.39 is 11.7 Å². The van der Waals surface area contributed by atoms with Crippen LogP contribution in [0.15, 0.2) is 48.5 Å². The Morgan fingerprint density at radius 1 is 1.17 bits per heavy atom. The van der Waals surface area contributed by atoms with Gasteiger partial charge in [0.1, 0.15) is 5.37 Å². The summed E-state index contributed by atoms with van der Waals surface area (Å²) in [6.07, 6.45) is -4.36. The van der Waals surface area contributed by atoms with Gasteiger partial charge < -0.3 is 4.90 Å². The van der Waals surface area contributed by atoms with Crippen LogP contribution in [0.4, 0.5) is 13.2 Å². The van der Waals surface area contributed by atoms with Crippen LogP contribution in [-0.2, 0) is 6.18 Å². The largest absolute Gasteiger partial charge is 0.416 e.